The molecule has 0 aliphatic carbocycles. The number of esters is 1. The number of benzene rings is 1. The molecule has 0 saturated carbocycles. The van der Waals surface area contributed by atoms with Crippen LogP contribution in [-0.4, -0.2) is 28.5 Å². The summed E-state index contributed by atoms with van der Waals surface area (Å²) < 4.78 is 5.99. The fourth-order valence-corrected chi connectivity index (χ4v) is 4.97. The first-order valence-electron chi connectivity index (χ1n) is 10.5. The van der Waals surface area contributed by atoms with E-state index in [2.05, 4.69) is 21.1 Å². The number of rotatable bonds is 4. The maximum atomic E-state index is 13.7. The lowest BCUT2D eigenvalue weighted by molar-refractivity contribution is -0.133. The average molecular weight is 504 g/mol. The lowest BCUT2D eigenvalue weighted by Crippen LogP contribution is -2.40. The van der Waals surface area contributed by atoms with Gasteiger partial charge in [0.25, 0.3) is 11.5 Å². The van der Waals surface area contributed by atoms with E-state index >= 15 is 0 Å². The third kappa shape index (κ3) is 4.56. The molecule has 9 nitrogen and oxygen atoms in total. The Balaban J connectivity index is 0.00000361. The lowest BCUT2D eigenvalue weighted by atomic mass is 9.84. The quantitative estimate of drug-likeness (QED) is 0.517. The van der Waals surface area contributed by atoms with E-state index in [9.17, 15) is 19.6 Å². The van der Waals surface area contributed by atoms with Gasteiger partial charge in [0.15, 0.2) is 0 Å². The van der Waals surface area contributed by atoms with Crippen LogP contribution in [0, 0.1) is 25.2 Å². The van der Waals surface area contributed by atoms with Crippen molar-refractivity contribution in [1.82, 2.24) is 9.55 Å². The van der Waals surface area contributed by atoms with Gasteiger partial charge < -0.3 is 15.8 Å². The standard InChI is InChI=1S/C25H21N5O4S.CH4/c1-13-6-7-16(9-14(13)2)29-23(32)21-20(15-5-4-8-28-12-15)17(11-26)22(27)30-24(33)18(35-25(21)30)10-19(31)34-3;/h4-10,12,20H,27H2,1-3H3,(H,29,32);1H4/b18-10-;. The zero-order valence-electron chi connectivity index (χ0n) is 19.2. The molecule has 184 valence electrons. The summed E-state index contributed by atoms with van der Waals surface area (Å²) in [7, 11) is 1.19. The number of methoxy groups -OCH3 is 1. The number of aryl methyl sites for hydroxylation is 2. The number of hydrogen-bond donors (Lipinski definition) is 2. The Morgan fingerprint density at radius 2 is 2.03 bits per heavy atom. The number of carbonyl (C=O) groups excluding carboxylic acids is 2. The number of ether oxygens (including phenoxy) is 1. The van der Waals surface area contributed by atoms with Gasteiger partial charge >= 0.3 is 5.97 Å². The topological polar surface area (TPSA) is 140 Å². The number of thiazole rings is 1. The van der Waals surface area contributed by atoms with Crippen molar-refractivity contribution < 1.29 is 14.3 Å². The van der Waals surface area contributed by atoms with Gasteiger partial charge in [-0.3, -0.25) is 19.1 Å². The van der Waals surface area contributed by atoms with Crippen LogP contribution in [-0.2, 0) is 14.3 Å². The predicted molar refractivity (Wildman–Crippen MR) is 139 cm³/mol. The molecule has 0 spiro atoms. The summed E-state index contributed by atoms with van der Waals surface area (Å²) in [6.07, 6.45) is 4.15. The van der Waals surface area contributed by atoms with Crippen molar-refractivity contribution in [2.45, 2.75) is 27.2 Å². The SMILES string of the molecule is C.COC(=O)/C=c1\sc2n(c1=O)C(N)=C(C#N)C(c1cccnc1)C=2C(=O)Nc1ccc(C)c(C)c1. The Labute approximate surface area is 211 Å². The minimum absolute atomic E-state index is 0. The van der Waals surface area contributed by atoms with Crippen LogP contribution in [0.3, 0.4) is 0 Å². The Hall–Kier alpha value is -4.49. The molecule has 3 heterocycles. The highest BCUT2D eigenvalue weighted by Gasteiger charge is 2.35. The van der Waals surface area contributed by atoms with E-state index in [-0.39, 0.29) is 33.6 Å². The summed E-state index contributed by atoms with van der Waals surface area (Å²) in [6, 6.07) is 11.0. The molecule has 1 unspecified atom stereocenters. The molecule has 0 saturated heterocycles. The average Bonchev–Trinajstić information content (AvgIpc) is 3.17. The van der Waals surface area contributed by atoms with Gasteiger partial charge in [0.2, 0.25) is 0 Å². The van der Waals surface area contributed by atoms with Crippen LogP contribution in [0.25, 0.3) is 17.5 Å². The highest BCUT2D eigenvalue weighted by atomic mass is 32.1. The number of carbonyl (C=O) groups is 2. The second kappa shape index (κ2) is 10.4. The fourth-order valence-electron chi connectivity index (χ4n) is 3.83. The first-order valence-corrected chi connectivity index (χ1v) is 11.3. The molecule has 0 bridgehead atoms. The van der Waals surface area contributed by atoms with Gasteiger partial charge in [-0.05, 0) is 48.7 Å². The number of hydrogen-bond acceptors (Lipinski definition) is 8. The molecule has 1 amide bonds. The number of anilines is 1. The monoisotopic (exact) mass is 503 g/mol. The Morgan fingerprint density at radius 3 is 2.64 bits per heavy atom. The molecule has 1 atom stereocenters. The molecule has 1 aromatic carbocycles. The molecular weight excluding hydrogens is 478 g/mol. The van der Waals surface area contributed by atoms with Gasteiger partial charge in [0.05, 0.1) is 30.2 Å². The normalized spacial score (nSPS) is 15.0. The highest BCUT2D eigenvalue weighted by Crippen LogP contribution is 2.36. The van der Waals surface area contributed by atoms with Crippen molar-refractivity contribution in [2.24, 2.45) is 5.73 Å². The van der Waals surface area contributed by atoms with E-state index in [1.165, 1.54) is 7.11 Å². The molecular formula is C26H25N5O4S. The van der Waals surface area contributed by atoms with Crippen LogP contribution in [0.5, 0.6) is 0 Å². The second-order valence-electron chi connectivity index (χ2n) is 7.88. The third-order valence-electron chi connectivity index (χ3n) is 5.75. The highest BCUT2D eigenvalue weighted by molar-refractivity contribution is 7.07. The minimum atomic E-state index is -0.871. The Kier molecular flexibility index (Phi) is 7.56. The summed E-state index contributed by atoms with van der Waals surface area (Å²) in [4.78, 5) is 42.8. The van der Waals surface area contributed by atoms with E-state index in [1.54, 1.807) is 30.6 Å². The second-order valence-corrected chi connectivity index (χ2v) is 8.91. The molecule has 3 N–H and O–H groups in total. The number of amides is 1. The van der Waals surface area contributed by atoms with Crippen molar-refractivity contribution in [3.8, 4) is 6.07 Å². The fraction of sp³-hybridized carbons (Fsp3) is 0.192. The molecule has 36 heavy (non-hydrogen) atoms. The summed E-state index contributed by atoms with van der Waals surface area (Å²) in [5.41, 5.74) is 9.02. The summed E-state index contributed by atoms with van der Waals surface area (Å²) in [5.74, 6) is -2.22. The number of nitrogens with one attached hydrogen (secondary N) is 1. The molecule has 3 aromatic rings. The van der Waals surface area contributed by atoms with Gasteiger partial charge in [0, 0.05) is 24.2 Å². The van der Waals surface area contributed by atoms with Gasteiger partial charge in [-0.15, -0.1) is 11.3 Å². The predicted octanol–water partition coefficient (Wildman–Crippen LogP) is 1.75. The minimum Gasteiger partial charge on any atom is -0.466 e. The summed E-state index contributed by atoms with van der Waals surface area (Å²) in [6.45, 7) is 3.89. The zero-order valence-corrected chi connectivity index (χ0v) is 20.0. The number of fused-ring (bicyclic) bond motifs is 1. The van der Waals surface area contributed by atoms with E-state index < -0.39 is 23.4 Å². The molecule has 1 aliphatic heterocycles. The Morgan fingerprint density at radius 1 is 1.28 bits per heavy atom. The van der Waals surface area contributed by atoms with Crippen molar-refractivity contribution in [2.75, 3.05) is 12.4 Å². The van der Waals surface area contributed by atoms with Gasteiger partial charge in [-0.2, -0.15) is 5.26 Å². The van der Waals surface area contributed by atoms with Gasteiger partial charge in [-0.1, -0.05) is 19.6 Å². The summed E-state index contributed by atoms with van der Waals surface area (Å²) >= 11 is 0.925. The molecule has 4 rings (SSSR count). The molecule has 1 aliphatic rings. The first kappa shape index (κ1) is 26.1. The van der Waals surface area contributed by atoms with Crippen molar-refractivity contribution in [1.29, 1.82) is 5.26 Å². The number of pyridine rings is 1. The number of nitrogens with two attached hydrogens (primary N) is 1. The van der Waals surface area contributed by atoms with Crippen molar-refractivity contribution >= 4 is 46.4 Å². The van der Waals surface area contributed by atoms with Crippen LogP contribution in [0.4, 0.5) is 5.69 Å². The zero-order chi connectivity index (χ0) is 25.3. The van der Waals surface area contributed by atoms with Gasteiger partial charge in [0.1, 0.15) is 15.0 Å². The van der Waals surface area contributed by atoms with E-state index in [4.69, 9.17) is 5.73 Å². The maximum Gasteiger partial charge on any atom is 0.332 e. The van der Waals surface area contributed by atoms with E-state index in [0.29, 0.717) is 11.3 Å². The third-order valence-corrected chi connectivity index (χ3v) is 6.85. The lowest BCUT2D eigenvalue weighted by Gasteiger charge is -2.25. The van der Waals surface area contributed by atoms with Crippen LogP contribution in [0.15, 0.2) is 53.1 Å². The smallest absolute Gasteiger partial charge is 0.332 e. The van der Waals surface area contributed by atoms with Crippen LogP contribution >= 0.6 is 11.3 Å². The van der Waals surface area contributed by atoms with Crippen LogP contribution in [0.2, 0.25) is 0 Å². The largest absolute Gasteiger partial charge is 0.466 e. The molecule has 0 radical (unpaired) electrons. The van der Waals surface area contributed by atoms with E-state index in [1.807, 2.05) is 26.0 Å². The maximum absolute atomic E-state index is 13.7. The molecule has 2 aromatic heterocycles. The van der Waals surface area contributed by atoms with Gasteiger partial charge in [-0.25, -0.2) is 4.79 Å². The van der Waals surface area contributed by atoms with Crippen LogP contribution in [0.1, 0.15) is 30.0 Å². The van der Waals surface area contributed by atoms with E-state index in [0.717, 1.165) is 33.1 Å². The number of aromatic nitrogens is 2. The number of nitriles is 1. The van der Waals surface area contributed by atoms with Crippen molar-refractivity contribution in [3.05, 3.63) is 84.5 Å². The summed E-state index contributed by atoms with van der Waals surface area (Å²) in [5, 5.41) is 12.9. The Bertz CT molecular complexity index is 1610. The number of nitrogens with zero attached hydrogens (tertiary/aromatic N) is 3. The molecule has 10 heteroatoms. The first-order chi connectivity index (χ1) is 16.8. The van der Waals surface area contributed by atoms with Crippen LogP contribution < -0.4 is 25.8 Å². The number of allylic oxidation sites excluding steroid dienone is 1. The van der Waals surface area contributed by atoms with Crippen molar-refractivity contribution in [3.63, 3.8) is 0 Å². The molecule has 0 fully saturated rings.